The van der Waals surface area contributed by atoms with E-state index >= 15 is 0 Å². The summed E-state index contributed by atoms with van der Waals surface area (Å²) in [5.41, 5.74) is 2.76. The number of aryl methyl sites for hydroxylation is 1. The minimum atomic E-state index is 0. The summed E-state index contributed by atoms with van der Waals surface area (Å²) in [5.74, 6) is 0. The van der Waals surface area contributed by atoms with Gasteiger partial charge in [0.2, 0.25) is 0 Å². The lowest BCUT2D eigenvalue weighted by Crippen LogP contribution is -2.42. The number of hydrogen-bond donors (Lipinski definition) is 0. The standard InChI is InChI=1S/C21H36N2O.ClH/c1-6-8-9-12-21(17-24-7-2)13-14-23(16-21)20(4,5)19-11-10-18(3)22-15-19;/h10-11,15H,6-9,12-14,16-17H2,1-5H3;1H/t21-;/m1./s1. The van der Waals surface area contributed by atoms with E-state index in [0.29, 0.717) is 5.41 Å². The minimum absolute atomic E-state index is 0. The molecule has 0 bridgehead atoms. The van der Waals surface area contributed by atoms with Gasteiger partial charge in [-0.2, -0.15) is 0 Å². The molecular formula is C21H37ClN2O. The van der Waals surface area contributed by atoms with E-state index in [-0.39, 0.29) is 17.9 Å². The van der Waals surface area contributed by atoms with Crippen LogP contribution in [0.25, 0.3) is 0 Å². The zero-order chi connectivity index (χ0) is 17.6. The third-order valence-corrected chi connectivity index (χ3v) is 5.77. The van der Waals surface area contributed by atoms with Gasteiger partial charge in [0.05, 0.1) is 6.61 Å². The first-order chi connectivity index (χ1) is 11.4. The Kier molecular flexibility index (Phi) is 8.86. The molecule has 0 saturated carbocycles. The monoisotopic (exact) mass is 368 g/mol. The van der Waals surface area contributed by atoms with Crippen LogP contribution in [0.1, 0.15) is 71.1 Å². The van der Waals surface area contributed by atoms with E-state index in [1.165, 1.54) is 37.7 Å². The average Bonchev–Trinajstić information content (AvgIpc) is 2.99. The van der Waals surface area contributed by atoms with Crippen molar-refractivity contribution in [2.24, 2.45) is 5.41 Å². The van der Waals surface area contributed by atoms with Crippen molar-refractivity contribution in [1.82, 2.24) is 9.88 Å². The molecule has 1 aromatic heterocycles. The third-order valence-electron chi connectivity index (χ3n) is 5.77. The van der Waals surface area contributed by atoms with Gasteiger partial charge < -0.3 is 4.74 Å². The highest BCUT2D eigenvalue weighted by Gasteiger charge is 2.43. The molecule has 4 heteroatoms. The number of ether oxygens (including phenoxy) is 1. The van der Waals surface area contributed by atoms with E-state index < -0.39 is 0 Å². The van der Waals surface area contributed by atoms with Gasteiger partial charge in [0.15, 0.2) is 0 Å². The van der Waals surface area contributed by atoms with Gasteiger partial charge in [-0.3, -0.25) is 9.88 Å². The Bertz CT molecular complexity index is 503. The van der Waals surface area contributed by atoms with Gasteiger partial charge in [0.25, 0.3) is 0 Å². The molecule has 1 saturated heterocycles. The second kappa shape index (κ2) is 9.89. The normalized spacial score (nSPS) is 21.3. The number of pyridine rings is 1. The highest BCUT2D eigenvalue weighted by Crippen LogP contribution is 2.41. The summed E-state index contributed by atoms with van der Waals surface area (Å²) in [6.07, 6.45) is 8.53. The fourth-order valence-electron chi connectivity index (χ4n) is 3.89. The third kappa shape index (κ3) is 5.67. The Morgan fingerprint density at radius 1 is 1.24 bits per heavy atom. The maximum atomic E-state index is 5.89. The predicted molar refractivity (Wildman–Crippen MR) is 109 cm³/mol. The van der Waals surface area contributed by atoms with Crippen LogP contribution in [0.2, 0.25) is 0 Å². The SMILES string of the molecule is CCCCC[C@@]1(COCC)CCN(C(C)(C)c2ccc(C)nc2)C1.Cl. The molecule has 3 nitrogen and oxygen atoms in total. The quantitative estimate of drug-likeness (QED) is 0.549. The number of nitrogens with zero attached hydrogens (tertiary/aromatic N) is 2. The lowest BCUT2D eigenvalue weighted by molar-refractivity contribution is 0.0369. The molecule has 1 atom stereocenters. The molecule has 144 valence electrons. The average molecular weight is 369 g/mol. The highest BCUT2D eigenvalue weighted by molar-refractivity contribution is 5.85. The van der Waals surface area contributed by atoms with E-state index in [4.69, 9.17) is 4.74 Å². The molecule has 1 aliphatic rings. The molecule has 0 unspecified atom stereocenters. The van der Waals surface area contributed by atoms with Gasteiger partial charge in [0.1, 0.15) is 0 Å². The van der Waals surface area contributed by atoms with Crippen molar-refractivity contribution < 1.29 is 4.74 Å². The van der Waals surface area contributed by atoms with E-state index in [1.54, 1.807) is 0 Å². The van der Waals surface area contributed by atoms with Crippen molar-refractivity contribution in [1.29, 1.82) is 0 Å². The maximum Gasteiger partial charge on any atom is 0.0535 e. The van der Waals surface area contributed by atoms with Gasteiger partial charge in [-0.1, -0.05) is 32.3 Å². The summed E-state index contributed by atoms with van der Waals surface area (Å²) in [4.78, 5) is 7.16. The first-order valence-corrected chi connectivity index (χ1v) is 9.69. The second-order valence-electron chi connectivity index (χ2n) is 8.01. The molecule has 0 aromatic carbocycles. The number of rotatable bonds is 9. The van der Waals surface area contributed by atoms with Crippen LogP contribution in [0, 0.1) is 12.3 Å². The highest BCUT2D eigenvalue weighted by atomic mass is 35.5. The molecule has 1 aromatic rings. The molecule has 1 fully saturated rings. The van der Waals surface area contributed by atoms with Crippen molar-refractivity contribution in [2.45, 2.75) is 72.3 Å². The lowest BCUT2D eigenvalue weighted by atomic mass is 9.82. The largest absolute Gasteiger partial charge is 0.381 e. The van der Waals surface area contributed by atoms with Crippen LogP contribution < -0.4 is 0 Å². The Labute approximate surface area is 161 Å². The van der Waals surface area contributed by atoms with Crippen molar-refractivity contribution in [3.63, 3.8) is 0 Å². The number of halogens is 1. The van der Waals surface area contributed by atoms with Crippen LogP contribution in [0.15, 0.2) is 18.3 Å². The molecule has 0 amide bonds. The fraction of sp³-hybridized carbons (Fsp3) is 0.762. The smallest absolute Gasteiger partial charge is 0.0535 e. The van der Waals surface area contributed by atoms with Crippen LogP contribution in [0.3, 0.4) is 0 Å². The summed E-state index contributed by atoms with van der Waals surface area (Å²) in [6, 6.07) is 4.36. The van der Waals surface area contributed by atoms with Crippen LogP contribution in [0.4, 0.5) is 0 Å². The second-order valence-corrected chi connectivity index (χ2v) is 8.01. The van der Waals surface area contributed by atoms with Crippen LogP contribution in [-0.2, 0) is 10.3 Å². The molecular weight excluding hydrogens is 332 g/mol. The molecule has 0 radical (unpaired) electrons. The van der Waals surface area contributed by atoms with Crippen molar-refractivity contribution >= 4 is 12.4 Å². The molecule has 2 rings (SSSR count). The van der Waals surface area contributed by atoms with Gasteiger partial charge >= 0.3 is 0 Å². The molecule has 0 N–H and O–H groups in total. The van der Waals surface area contributed by atoms with E-state index in [0.717, 1.165) is 32.0 Å². The lowest BCUT2D eigenvalue weighted by Gasteiger charge is -2.38. The zero-order valence-electron chi connectivity index (χ0n) is 16.8. The predicted octanol–water partition coefficient (Wildman–Crippen LogP) is 5.36. The number of likely N-dealkylation sites (tertiary alicyclic amines) is 1. The van der Waals surface area contributed by atoms with E-state index in [9.17, 15) is 0 Å². The Morgan fingerprint density at radius 2 is 2.00 bits per heavy atom. The Hall–Kier alpha value is -0.640. The first-order valence-electron chi connectivity index (χ1n) is 9.69. The van der Waals surface area contributed by atoms with Crippen molar-refractivity contribution in [2.75, 3.05) is 26.3 Å². The molecule has 0 aliphatic carbocycles. The molecule has 1 aliphatic heterocycles. The first kappa shape index (κ1) is 22.4. The Morgan fingerprint density at radius 3 is 2.60 bits per heavy atom. The summed E-state index contributed by atoms with van der Waals surface area (Å²) >= 11 is 0. The van der Waals surface area contributed by atoms with Crippen LogP contribution >= 0.6 is 12.4 Å². The van der Waals surface area contributed by atoms with Crippen molar-refractivity contribution in [3.8, 4) is 0 Å². The molecule has 0 spiro atoms. The maximum absolute atomic E-state index is 5.89. The number of unbranched alkanes of at least 4 members (excludes halogenated alkanes) is 2. The van der Waals surface area contributed by atoms with Gasteiger partial charge in [-0.25, -0.2) is 0 Å². The summed E-state index contributed by atoms with van der Waals surface area (Å²) < 4.78 is 5.89. The van der Waals surface area contributed by atoms with Gasteiger partial charge in [-0.15, -0.1) is 12.4 Å². The number of aromatic nitrogens is 1. The fourth-order valence-corrected chi connectivity index (χ4v) is 3.89. The summed E-state index contributed by atoms with van der Waals surface area (Å²) in [5, 5.41) is 0. The number of hydrogen-bond acceptors (Lipinski definition) is 3. The van der Waals surface area contributed by atoms with Gasteiger partial charge in [-0.05, 0) is 58.7 Å². The summed E-state index contributed by atoms with van der Waals surface area (Å²) in [7, 11) is 0. The van der Waals surface area contributed by atoms with Crippen LogP contribution in [0.5, 0.6) is 0 Å². The van der Waals surface area contributed by atoms with Crippen molar-refractivity contribution in [3.05, 3.63) is 29.6 Å². The van der Waals surface area contributed by atoms with E-state index in [2.05, 4.69) is 55.9 Å². The summed E-state index contributed by atoms with van der Waals surface area (Å²) in [6.45, 7) is 15.1. The topological polar surface area (TPSA) is 25.4 Å². The zero-order valence-corrected chi connectivity index (χ0v) is 17.6. The molecule has 25 heavy (non-hydrogen) atoms. The van der Waals surface area contributed by atoms with E-state index in [1.807, 2.05) is 6.92 Å². The Balaban J connectivity index is 0.00000312. The minimum Gasteiger partial charge on any atom is -0.381 e. The van der Waals surface area contributed by atoms with Crippen LogP contribution in [-0.4, -0.2) is 36.2 Å². The van der Waals surface area contributed by atoms with Gasteiger partial charge in [0, 0.05) is 36.0 Å². The molecule has 2 heterocycles.